The third kappa shape index (κ3) is 5.73. The third-order valence-electron chi connectivity index (χ3n) is 5.62. The zero-order valence-electron chi connectivity index (χ0n) is 17.2. The van der Waals surface area contributed by atoms with Gasteiger partial charge in [0.05, 0.1) is 6.33 Å². The van der Waals surface area contributed by atoms with Crippen LogP contribution in [0.15, 0.2) is 6.33 Å². The van der Waals surface area contributed by atoms with Crippen molar-refractivity contribution in [3.63, 3.8) is 0 Å². The fourth-order valence-corrected chi connectivity index (χ4v) is 7.13. The second-order valence-corrected chi connectivity index (χ2v) is 12.7. The number of hydrogen-bond donors (Lipinski definition) is 7. The van der Waals surface area contributed by atoms with Gasteiger partial charge in [-0.2, -0.15) is 9.97 Å². The van der Waals surface area contributed by atoms with E-state index in [1.54, 1.807) is 0 Å². The summed E-state index contributed by atoms with van der Waals surface area (Å²) in [5.41, 5.74) is 0.661. The maximum Gasteiger partial charge on any atom is 0.336 e. The van der Waals surface area contributed by atoms with Gasteiger partial charge in [0.2, 0.25) is 5.28 Å². The van der Waals surface area contributed by atoms with E-state index in [1.807, 2.05) is 0 Å². The molecule has 1 saturated heterocycles. The molecule has 7 N–H and O–H groups in total. The van der Waals surface area contributed by atoms with Gasteiger partial charge >= 0.3 is 7.60 Å². The van der Waals surface area contributed by atoms with Crippen LogP contribution in [-0.4, -0.2) is 81.2 Å². The van der Waals surface area contributed by atoms with Gasteiger partial charge in [-0.15, -0.1) is 0 Å². The van der Waals surface area contributed by atoms with Gasteiger partial charge in [-0.1, -0.05) is 12.8 Å². The van der Waals surface area contributed by atoms with Crippen LogP contribution in [-0.2, 0) is 13.9 Å². The quantitative estimate of drug-likeness (QED) is 0.183. The van der Waals surface area contributed by atoms with E-state index in [0.29, 0.717) is 11.3 Å². The standard InChI is InChI=1S/C16H25ClN6O8P2/c17-16-21-13(20-8-3-1-2-4-8)10-14(22-16)23(6-18-10)15-12(25)11(24)9(31-15)5-19-32(26,27)7-33(28,29)30/h6,8-9,11-12,15,24-25H,1-5,7H2,(H2,19,26,27)(H,20,21,22)(H2,28,29,30). The van der Waals surface area contributed by atoms with Crippen molar-refractivity contribution >= 4 is 43.7 Å². The SMILES string of the molecule is O=P(O)(O)CP(=O)(O)NCC1OC(n2cnc3c(NC4CCCC4)nc(Cl)nc32)C(O)C1O. The van der Waals surface area contributed by atoms with Gasteiger partial charge in [-0.05, 0) is 24.4 Å². The molecule has 0 bridgehead atoms. The number of halogens is 1. The third-order valence-corrected chi connectivity index (χ3v) is 9.47. The Kier molecular flexibility index (Phi) is 7.15. The van der Waals surface area contributed by atoms with Crippen LogP contribution in [0.3, 0.4) is 0 Å². The topological polar surface area (TPSA) is 212 Å². The summed E-state index contributed by atoms with van der Waals surface area (Å²) in [6.45, 7) is -0.445. The lowest BCUT2D eigenvalue weighted by Gasteiger charge is -2.19. The second kappa shape index (κ2) is 9.46. The highest BCUT2D eigenvalue weighted by Crippen LogP contribution is 2.52. The van der Waals surface area contributed by atoms with Crippen molar-refractivity contribution < 1.29 is 38.8 Å². The summed E-state index contributed by atoms with van der Waals surface area (Å²) in [7, 11) is -9.16. The van der Waals surface area contributed by atoms with Crippen molar-refractivity contribution in [1.82, 2.24) is 24.6 Å². The molecule has 2 aliphatic rings. The first-order valence-corrected chi connectivity index (χ1v) is 14.3. The summed E-state index contributed by atoms with van der Waals surface area (Å²) in [5.74, 6) is -0.826. The van der Waals surface area contributed by atoms with Crippen LogP contribution in [0.25, 0.3) is 11.2 Å². The molecule has 33 heavy (non-hydrogen) atoms. The molecular weight excluding hydrogens is 502 g/mol. The fraction of sp³-hybridized carbons (Fsp3) is 0.688. The van der Waals surface area contributed by atoms with Gasteiger partial charge < -0.3 is 34.9 Å². The Hall–Kier alpha value is -1.18. The van der Waals surface area contributed by atoms with E-state index < -0.39 is 52.1 Å². The number of nitrogens with one attached hydrogen (secondary N) is 2. The summed E-state index contributed by atoms with van der Waals surface area (Å²) < 4.78 is 30.1. The minimum atomic E-state index is -4.75. The van der Waals surface area contributed by atoms with Gasteiger partial charge in [0.1, 0.15) is 24.2 Å². The Bertz CT molecular complexity index is 1110. The molecule has 5 atom stereocenters. The molecule has 14 nitrogen and oxygen atoms in total. The van der Waals surface area contributed by atoms with Gasteiger partial charge in [0, 0.05) is 12.6 Å². The highest BCUT2D eigenvalue weighted by atomic mass is 35.5. The maximum absolute atomic E-state index is 12.0. The van der Waals surface area contributed by atoms with E-state index in [4.69, 9.17) is 26.1 Å². The fourth-order valence-electron chi connectivity index (χ4n) is 4.10. The summed E-state index contributed by atoms with van der Waals surface area (Å²) >= 11 is 6.10. The van der Waals surface area contributed by atoms with E-state index in [0.717, 1.165) is 25.7 Å². The molecule has 4 rings (SSSR count). The number of aliphatic hydroxyl groups excluding tert-OH is 2. The molecule has 1 saturated carbocycles. The average Bonchev–Trinajstić information content (AvgIpc) is 3.40. The molecule has 2 aromatic rings. The number of imidazole rings is 1. The van der Waals surface area contributed by atoms with Crippen molar-refractivity contribution in [1.29, 1.82) is 0 Å². The summed E-state index contributed by atoms with van der Waals surface area (Å²) in [4.78, 5) is 40.3. The Balaban J connectivity index is 1.53. The van der Waals surface area contributed by atoms with Crippen LogP contribution in [0.4, 0.5) is 5.82 Å². The number of fused-ring (bicyclic) bond motifs is 1. The van der Waals surface area contributed by atoms with Crippen molar-refractivity contribution in [3.8, 4) is 0 Å². The molecule has 0 spiro atoms. The van der Waals surface area contributed by atoms with Gasteiger partial charge in [-0.3, -0.25) is 13.7 Å². The van der Waals surface area contributed by atoms with Gasteiger partial charge in [-0.25, -0.2) is 10.1 Å². The van der Waals surface area contributed by atoms with Crippen LogP contribution >= 0.6 is 26.7 Å². The molecule has 3 heterocycles. The molecule has 5 unspecified atom stereocenters. The normalized spacial score (nSPS) is 28.4. The highest BCUT2D eigenvalue weighted by Gasteiger charge is 2.45. The van der Waals surface area contributed by atoms with Gasteiger partial charge in [0.25, 0.3) is 7.52 Å². The lowest BCUT2D eigenvalue weighted by Crippen LogP contribution is -2.37. The van der Waals surface area contributed by atoms with Crippen molar-refractivity contribution in [2.45, 2.75) is 56.3 Å². The Morgan fingerprint density at radius 3 is 2.52 bits per heavy atom. The zero-order chi connectivity index (χ0) is 24.0. The van der Waals surface area contributed by atoms with E-state index in [9.17, 15) is 24.2 Å². The minimum absolute atomic E-state index is 0.0466. The second-order valence-electron chi connectivity index (χ2n) is 8.21. The predicted molar refractivity (Wildman–Crippen MR) is 117 cm³/mol. The lowest BCUT2D eigenvalue weighted by atomic mass is 10.1. The molecular formula is C16H25ClN6O8P2. The summed E-state index contributed by atoms with van der Waals surface area (Å²) in [6.07, 6.45) is 0.332. The first-order valence-electron chi connectivity index (χ1n) is 10.2. The number of aliphatic hydroxyl groups is 2. The van der Waals surface area contributed by atoms with Crippen molar-refractivity contribution in [3.05, 3.63) is 11.6 Å². The number of hydrogen-bond acceptors (Lipinski definition) is 9. The number of anilines is 1. The summed E-state index contributed by atoms with van der Waals surface area (Å²) in [5, 5.41) is 26.3. The number of rotatable bonds is 8. The molecule has 0 amide bonds. The van der Waals surface area contributed by atoms with E-state index in [-0.39, 0.29) is 17.0 Å². The van der Waals surface area contributed by atoms with E-state index in [1.165, 1.54) is 10.9 Å². The van der Waals surface area contributed by atoms with Crippen molar-refractivity contribution in [2.24, 2.45) is 0 Å². The number of ether oxygens (including phenoxy) is 1. The van der Waals surface area contributed by atoms with Crippen LogP contribution in [0.1, 0.15) is 31.9 Å². The minimum Gasteiger partial charge on any atom is -0.387 e. The molecule has 0 aromatic carbocycles. The molecule has 2 fully saturated rings. The number of aromatic nitrogens is 4. The predicted octanol–water partition coefficient (Wildman–Crippen LogP) is 0.364. The Labute approximate surface area is 193 Å². The van der Waals surface area contributed by atoms with E-state index in [2.05, 4.69) is 25.4 Å². The van der Waals surface area contributed by atoms with Crippen LogP contribution < -0.4 is 10.4 Å². The van der Waals surface area contributed by atoms with Crippen LogP contribution in [0.2, 0.25) is 5.28 Å². The van der Waals surface area contributed by atoms with Gasteiger partial charge in [0.15, 0.2) is 23.2 Å². The highest BCUT2D eigenvalue weighted by molar-refractivity contribution is 7.71. The van der Waals surface area contributed by atoms with Crippen LogP contribution in [0.5, 0.6) is 0 Å². The smallest absolute Gasteiger partial charge is 0.336 e. The lowest BCUT2D eigenvalue weighted by molar-refractivity contribution is -0.0331. The van der Waals surface area contributed by atoms with Crippen molar-refractivity contribution in [2.75, 3.05) is 17.8 Å². The zero-order valence-corrected chi connectivity index (χ0v) is 19.8. The Morgan fingerprint density at radius 2 is 1.85 bits per heavy atom. The Morgan fingerprint density at radius 1 is 1.15 bits per heavy atom. The maximum atomic E-state index is 12.0. The monoisotopic (exact) mass is 526 g/mol. The summed E-state index contributed by atoms with van der Waals surface area (Å²) in [6, 6.07) is 0.234. The average molecular weight is 527 g/mol. The molecule has 17 heteroatoms. The molecule has 1 aliphatic carbocycles. The number of nitrogens with zero attached hydrogens (tertiary/aromatic N) is 4. The molecule has 1 aliphatic heterocycles. The largest absolute Gasteiger partial charge is 0.387 e. The molecule has 2 aromatic heterocycles. The first kappa shape index (κ1) is 24.9. The molecule has 184 valence electrons. The van der Waals surface area contributed by atoms with E-state index >= 15 is 0 Å². The van der Waals surface area contributed by atoms with Crippen LogP contribution in [0, 0.1) is 0 Å². The first-order chi connectivity index (χ1) is 15.4. The molecule has 0 radical (unpaired) electrons.